The first kappa shape index (κ1) is 8.94. The second-order valence-electron chi connectivity index (χ2n) is 3.22. The summed E-state index contributed by atoms with van der Waals surface area (Å²) in [6, 6.07) is 10.7. The van der Waals surface area contributed by atoms with Gasteiger partial charge in [0.2, 0.25) is 0 Å². The average Bonchev–Trinajstić information content (AvgIpc) is 2.74. The van der Waals surface area contributed by atoms with Gasteiger partial charge in [-0.1, -0.05) is 42.5 Å². The molecule has 0 spiro atoms. The van der Waals surface area contributed by atoms with Crippen LogP contribution in [-0.2, 0) is 0 Å². The Morgan fingerprint density at radius 1 is 1.29 bits per heavy atom. The van der Waals surface area contributed by atoms with Crippen molar-refractivity contribution in [1.29, 1.82) is 0 Å². The van der Waals surface area contributed by atoms with Crippen LogP contribution < -0.4 is 0 Å². The van der Waals surface area contributed by atoms with Gasteiger partial charge in [0.15, 0.2) is 0 Å². The van der Waals surface area contributed by atoms with Gasteiger partial charge < -0.3 is 0 Å². The van der Waals surface area contributed by atoms with Crippen molar-refractivity contribution in [3.8, 4) is 0 Å². The number of nitrogens with zero attached hydrogens (tertiary/aromatic N) is 3. The van der Waals surface area contributed by atoms with Crippen molar-refractivity contribution in [2.75, 3.05) is 0 Å². The molecule has 2 aromatic rings. The summed E-state index contributed by atoms with van der Waals surface area (Å²) in [5.74, 6) is 0. The number of rotatable bonds is 3. The Hall–Kier alpha value is -1.64. The fraction of sp³-hybridized carbons (Fsp3) is 0.273. The Bertz CT molecular complexity index is 367. The molecule has 0 radical (unpaired) electrons. The van der Waals surface area contributed by atoms with E-state index in [4.69, 9.17) is 0 Å². The van der Waals surface area contributed by atoms with E-state index in [0.29, 0.717) is 6.04 Å². The van der Waals surface area contributed by atoms with Crippen molar-refractivity contribution in [3.63, 3.8) is 0 Å². The maximum absolute atomic E-state index is 4.03. The van der Waals surface area contributed by atoms with Crippen LogP contribution in [0.4, 0.5) is 0 Å². The zero-order valence-corrected chi connectivity index (χ0v) is 8.17. The largest absolute Gasteiger partial charge is 0.245 e. The van der Waals surface area contributed by atoms with Gasteiger partial charge in [-0.15, -0.1) is 5.10 Å². The molecule has 0 aliphatic rings. The van der Waals surface area contributed by atoms with E-state index < -0.39 is 0 Å². The molecule has 0 N–H and O–H groups in total. The molecule has 3 heteroatoms. The molecular weight excluding hydrogens is 174 g/mol. The SMILES string of the molecule is CCC(c1ccccc1)n1ccnn1. The van der Waals surface area contributed by atoms with Gasteiger partial charge in [-0.3, -0.25) is 0 Å². The lowest BCUT2D eigenvalue weighted by atomic mass is 10.1. The van der Waals surface area contributed by atoms with Gasteiger partial charge in [-0.25, -0.2) is 4.68 Å². The molecule has 0 amide bonds. The minimum absolute atomic E-state index is 0.304. The van der Waals surface area contributed by atoms with Gasteiger partial charge in [0, 0.05) is 6.20 Å². The molecule has 1 atom stereocenters. The van der Waals surface area contributed by atoms with Crippen LogP contribution in [-0.4, -0.2) is 15.0 Å². The Labute approximate surface area is 83.4 Å². The highest BCUT2D eigenvalue weighted by atomic mass is 15.4. The van der Waals surface area contributed by atoms with Crippen LogP contribution >= 0.6 is 0 Å². The molecule has 1 heterocycles. The predicted molar refractivity (Wildman–Crippen MR) is 54.9 cm³/mol. The van der Waals surface area contributed by atoms with Crippen LogP contribution in [0.2, 0.25) is 0 Å². The summed E-state index contributed by atoms with van der Waals surface area (Å²) in [6.45, 7) is 2.15. The third-order valence-corrected chi connectivity index (χ3v) is 2.33. The van der Waals surface area contributed by atoms with Crippen LogP contribution in [0.15, 0.2) is 42.7 Å². The minimum Gasteiger partial charge on any atom is -0.245 e. The number of benzene rings is 1. The normalized spacial score (nSPS) is 12.6. The van der Waals surface area contributed by atoms with E-state index in [9.17, 15) is 0 Å². The smallest absolute Gasteiger partial charge is 0.0783 e. The van der Waals surface area contributed by atoms with Crippen molar-refractivity contribution in [2.45, 2.75) is 19.4 Å². The fourth-order valence-electron chi connectivity index (χ4n) is 1.63. The summed E-state index contributed by atoms with van der Waals surface area (Å²) >= 11 is 0. The summed E-state index contributed by atoms with van der Waals surface area (Å²) in [4.78, 5) is 0. The van der Waals surface area contributed by atoms with Crippen LogP contribution in [0.1, 0.15) is 24.9 Å². The van der Waals surface area contributed by atoms with Gasteiger partial charge in [-0.2, -0.15) is 0 Å². The lowest BCUT2D eigenvalue weighted by Crippen LogP contribution is -2.10. The molecule has 0 bridgehead atoms. The predicted octanol–water partition coefficient (Wildman–Crippen LogP) is 2.28. The van der Waals surface area contributed by atoms with E-state index in [-0.39, 0.29) is 0 Å². The van der Waals surface area contributed by atoms with Crippen molar-refractivity contribution in [2.24, 2.45) is 0 Å². The molecule has 1 unspecified atom stereocenters. The molecular formula is C11H13N3. The van der Waals surface area contributed by atoms with E-state index in [1.807, 2.05) is 16.9 Å². The Balaban J connectivity index is 2.31. The van der Waals surface area contributed by atoms with E-state index in [1.54, 1.807) is 6.20 Å². The van der Waals surface area contributed by atoms with Gasteiger partial charge in [-0.05, 0) is 12.0 Å². The zero-order chi connectivity index (χ0) is 9.80. The second kappa shape index (κ2) is 4.05. The Morgan fingerprint density at radius 2 is 2.07 bits per heavy atom. The van der Waals surface area contributed by atoms with Gasteiger partial charge >= 0.3 is 0 Å². The van der Waals surface area contributed by atoms with Crippen LogP contribution in [0.5, 0.6) is 0 Å². The van der Waals surface area contributed by atoms with Crippen molar-refractivity contribution in [3.05, 3.63) is 48.3 Å². The molecule has 0 saturated heterocycles. The highest BCUT2D eigenvalue weighted by molar-refractivity contribution is 5.19. The maximum atomic E-state index is 4.03. The highest BCUT2D eigenvalue weighted by Crippen LogP contribution is 2.19. The molecule has 2 rings (SSSR count). The molecule has 3 nitrogen and oxygen atoms in total. The Kier molecular flexibility index (Phi) is 2.58. The number of aromatic nitrogens is 3. The second-order valence-corrected chi connectivity index (χ2v) is 3.22. The van der Waals surface area contributed by atoms with Crippen LogP contribution in [0.3, 0.4) is 0 Å². The molecule has 0 saturated carbocycles. The lowest BCUT2D eigenvalue weighted by molar-refractivity contribution is 0.493. The third kappa shape index (κ3) is 1.66. The molecule has 1 aromatic carbocycles. The minimum atomic E-state index is 0.304. The monoisotopic (exact) mass is 187 g/mol. The molecule has 72 valence electrons. The van der Waals surface area contributed by atoms with Crippen molar-refractivity contribution < 1.29 is 0 Å². The van der Waals surface area contributed by atoms with Gasteiger partial charge in [0.05, 0.1) is 12.2 Å². The average molecular weight is 187 g/mol. The van der Waals surface area contributed by atoms with Gasteiger partial charge in [0.25, 0.3) is 0 Å². The molecule has 14 heavy (non-hydrogen) atoms. The van der Waals surface area contributed by atoms with E-state index in [0.717, 1.165) is 6.42 Å². The summed E-state index contributed by atoms with van der Waals surface area (Å²) in [7, 11) is 0. The topological polar surface area (TPSA) is 30.7 Å². The summed E-state index contributed by atoms with van der Waals surface area (Å²) in [5.41, 5.74) is 1.28. The molecule has 0 aliphatic heterocycles. The standard InChI is InChI=1S/C11H13N3/c1-2-11(14-9-8-12-13-14)10-6-4-3-5-7-10/h3-9,11H,2H2,1H3. The summed E-state index contributed by atoms with van der Waals surface area (Å²) in [5, 5.41) is 7.86. The molecule has 0 aliphatic carbocycles. The highest BCUT2D eigenvalue weighted by Gasteiger charge is 2.10. The third-order valence-electron chi connectivity index (χ3n) is 2.33. The maximum Gasteiger partial charge on any atom is 0.0783 e. The first-order valence-electron chi connectivity index (χ1n) is 4.82. The van der Waals surface area contributed by atoms with Crippen LogP contribution in [0.25, 0.3) is 0 Å². The molecule has 0 fully saturated rings. The first-order chi connectivity index (χ1) is 6.92. The van der Waals surface area contributed by atoms with Gasteiger partial charge in [0.1, 0.15) is 0 Å². The van der Waals surface area contributed by atoms with E-state index >= 15 is 0 Å². The van der Waals surface area contributed by atoms with E-state index in [2.05, 4.69) is 41.5 Å². The Morgan fingerprint density at radius 3 is 2.64 bits per heavy atom. The summed E-state index contributed by atoms with van der Waals surface area (Å²) < 4.78 is 1.90. The lowest BCUT2D eigenvalue weighted by Gasteiger charge is -2.14. The van der Waals surface area contributed by atoms with Crippen molar-refractivity contribution in [1.82, 2.24) is 15.0 Å². The van der Waals surface area contributed by atoms with Crippen molar-refractivity contribution >= 4 is 0 Å². The van der Waals surface area contributed by atoms with Crippen LogP contribution in [0, 0.1) is 0 Å². The number of hydrogen-bond acceptors (Lipinski definition) is 2. The first-order valence-corrected chi connectivity index (χ1v) is 4.82. The number of hydrogen-bond donors (Lipinski definition) is 0. The fourth-order valence-corrected chi connectivity index (χ4v) is 1.63. The zero-order valence-electron chi connectivity index (χ0n) is 8.17. The quantitative estimate of drug-likeness (QED) is 0.738. The van der Waals surface area contributed by atoms with E-state index in [1.165, 1.54) is 5.56 Å². The molecule has 1 aromatic heterocycles. The summed E-state index contributed by atoms with van der Waals surface area (Å²) in [6.07, 6.45) is 4.64.